The number of thioether (sulfide) groups is 1. The van der Waals surface area contributed by atoms with Crippen LogP contribution in [0.1, 0.15) is 42.5 Å². The maximum atomic E-state index is 12.5. The number of anilines is 1. The number of benzene rings is 1. The summed E-state index contributed by atoms with van der Waals surface area (Å²) >= 11 is 1.17. The molecule has 8 heteroatoms. The van der Waals surface area contributed by atoms with E-state index in [0.717, 1.165) is 11.4 Å². The van der Waals surface area contributed by atoms with Crippen molar-refractivity contribution in [1.82, 2.24) is 9.97 Å². The Morgan fingerprint density at radius 3 is 2.17 bits per heavy atom. The molecule has 0 aliphatic heterocycles. The van der Waals surface area contributed by atoms with Crippen LogP contribution in [0.4, 0.5) is 5.69 Å². The van der Waals surface area contributed by atoms with Crippen LogP contribution in [0.2, 0.25) is 0 Å². The molecule has 7 nitrogen and oxygen atoms in total. The summed E-state index contributed by atoms with van der Waals surface area (Å²) in [6.45, 7) is 8.85. The average Bonchev–Trinajstić information content (AvgIpc) is 2.65. The van der Waals surface area contributed by atoms with E-state index in [9.17, 15) is 14.4 Å². The fourth-order valence-electron chi connectivity index (χ4n) is 2.41. The van der Waals surface area contributed by atoms with E-state index in [4.69, 9.17) is 4.74 Å². The SMILES string of the molecule is Cc1cc(C)nc(SCC(=O)O[C@@H](C)C(=O)c2ccc(NC(=O)C(C)C)cc2)n1. The summed E-state index contributed by atoms with van der Waals surface area (Å²) in [6, 6.07) is 8.34. The molecule has 154 valence electrons. The van der Waals surface area contributed by atoms with Crippen LogP contribution in [0, 0.1) is 19.8 Å². The fourth-order valence-corrected chi connectivity index (χ4v) is 3.14. The van der Waals surface area contributed by atoms with Crippen LogP contribution in [0.3, 0.4) is 0 Å². The predicted octanol–water partition coefficient (Wildman–Crippen LogP) is 3.59. The molecule has 0 radical (unpaired) electrons. The van der Waals surface area contributed by atoms with Crippen LogP contribution < -0.4 is 5.32 Å². The largest absolute Gasteiger partial charge is 0.454 e. The summed E-state index contributed by atoms with van der Waals surface area (Å²) in [7, 11) is 0. The highest BCUT2D eigenvalue weighted by molar-refractivity contribution is 7.99. The lowest BCUT2D eigenvalue weighted by atomic mass is 10.1. The van der Waals surface area contributed by atoms with Gasteiger partial charge >= 0.3 is 5.97 Å². The molecule has 2 rings (SSSR count). The number of amides is 1. The molecule has 0 saturated heterocycles. The fraction of sp³-hybridized carbons (Fsp3) is 0.381. The Bertz CT molecular complexity index is 877. The zero-order chi connectivity index (χ0) is 21.6. The van der Waals surface area contributed by atoms with Gasteiger partial charge in [0.05, 0.1) is 5.75 Å². The summed E-state index contributed by atoms with van der Waals surface area (Å²) in [5.74, 6) is -1.05. The predicted molar refractivity (Wildman–Crippen MR) is 112 cm³/mol. The molecule has 1 aromatic heterocycles. The summed E-state index contributed by atoms with van der Waals surface area (Å²) < 4.78 is 5.24. The van der Waals surface area contributed by atoms with E-state index in [1.54, 1.807) is 38.1 Å². The number of aryl methyl sites for hydroxylation is 2. The van der Waals surface area contributed by atoms with Crippen LogP contribution in [0.15, 0.2) is 35.5 Å². The topological polar surface area (TPSA) is 98.2 Å². The second-order valence-corrected chi connectivity index (χ2v) is 7.88. The van der Waals surface area contributed by atoms with Crippen molar-refractivity contribution >= 4 is 35.1 Å². The second kappa shape index (κ2) is 10.2. The van der Waals surface area contributed by atoms with Gasteiger partial charge in [-0.2, -0.15) is 0 Å². The van der Waals surface area contributed by atoms with Crippen molar-refractivity contribution in [3.63, 3.8) is 0 Å². The van der Waals surface area contributed by atoms with E-state index in [1.807, 2.05) is 19.9 Å². The zero-order valence-electron chi connectivity index (χ0n) is 17.2. The van der Waals surface area contributed by atoms with E-state index < -0.39 is 12.1 Å². The van der Waals surface area contributed by atoms with Gasteiger partial charge in [0.1, 0.15) is 0 Å². The van der Waals surface area contributed by atoms with E-state index in [1.165, 1.54) is 18.7 Å². The number of ketones is 1. The monoisotopic (exact) mass is 415 g/mol. The number of hydrogen-bond donors (Lipinski definition) is 1. The molecule has 2 aromatic rings. The van der Waals surface area contributed by atoms with Crippen molar-refractivity contribution in [1.29, 1.82) is 0 Å². The number of rotatable bonds is 8. The molecule has 29 heavy (non-hydrogen) atoms. The number of esters is 1. The van der Waals surface area contributed by atoms with Gasteiger partial charge < -0.3 is 10.1 Å². The summed E-state index contributed by atoms with van der Waals surface area (Å²) in [4.78, 5) is 44.8. The molecule has 1 heterocycles. The van der Waals surface area contributed by atoms with Gasteiger partial charge in [-0.05, 0) is 51.1 Å². The highest BCUT2D eigenvalue weighted by atomic mass is 32.2. The first-order valence-corrected chi connectivity index (χ1v) is 10.2. The van der Waals surface area contributed by atoms with E-state index >= 15 is 0 Å². The molecule has 0 fully saturated rings. The first-order valence-electron chi connectivity index (χ1n) is 9.25. The van der Waals surface area contributed by atoms with E-state index in [-0.39, 0.29) is 23.4 Å². The molecule has 0 aliphatic rings. The van der Waals surface area contributed by atoms with Crippen LogP contribution in [0.5, 0.6) is 0 Å². The molecule has 1 amide bonds. The lowest BCUT2D eigenvalue weighted by Crippen LogP contribution is -2.25. The number of nitrogens with one attached hydrogen (secondary N) is 1. The molecular formula is C21H25N3O4S. The van der Waals surface area contributed by atoms with Crippen molar-refractivity contribution < 1.29 is 19.1 Å². The average molecular weight is 416 g/mol. The zero-order valence-corrected chi connectivity index (χ0v) is 18.0. The van der Waals surface area contributed by atoms with Crippen molar-refractivity contribution in [2.75, 3.05) is 11.1 Å². The van der Waals surface area contributed by atoms with Crippen molar-refractivity contribution in [2.45, 2.75) is 45.9 Å². The lowest BCUT2D eigenvalue weighted by molar-refractivity contribution is -0.143. The van der Waals surface area contributed by atoms with Crippen molar-refractivity contribution in [3.05, 3.63) is 47.3 Å². The van der Waals surface area contributed by atoms with Gasteiger partial charge in [-0.3, -0.25) is 14.4 Å². The van der Waals surface area contributed by atoms with Crippen LogP contribution in [-0.4, -0.2) is 39.5 Å². The molecule has 1 atom stereocenters. The Morgan fingerprint density at radius 2 is 1.62 bits per heavy atom. The highest BCUT2D eigenvalue weighted by Crippen LogP contribution is 2.16. The van der Waals surface area contributed by atoms with Gasteiger partial charge in [0.25, 0.3) is 0 Å². The Labute approximate surface area is 174 Å². The van der Waals surface area contributed by atoms with Gasteiger partial charge in [-0.15, -0.1) is 0 Å². The van der Waals surface area contributed by atoms with Gasteiger partial charge in [0.15, 0.2) is 11.3 Å². The van der Waals surface area contributed by atoms with Crippen LogP contribution >= 0.6 is 11.8 Å². The smallest absolute Gasteiger partial charge is 0.317 e. The summed E-state index contributed by atoms with van der Waals surface area (Å²) in [6.07, 6.45) is -0.917. The normalized spacial score (nSPS) is 11.8. The maximum absolute atomic E-state index is 12.5. The molecule has 1 N–H and O–H groups in total. The number of ether oxygens (including phenoxy) is 1. The minimum Gasteiger partial charge on any atom is -0.454 e. The second-order valence-electron chi connectivity index (χ2n) is 6.94. The quantitative estimate of drug-likeness (QED) is 0.304. The first kappa shape index (κ1) is 22.5. The van der Waals surface area contributed by atoms with Gasteiger partial charge in [0, 0.05) is 28.6 Å². The highest BCUT2D eigenvalue weighted by Gasteiger charge is 2.20. The number of hydrogen-bond acceptors (Lipinski definition) is 7. The Kier molecular flexibility index (Phi) is 7.90. The Morgan fingerprint density at radius 1 is 1.03 bits per heavy atom. The van der Waals surface area contributed by atoms with E-state index in [0.29, 0.717) is 16.4 Å². The first-order chi connectivity index (χ1) is 13.7. The van der Waals surface area contributed by atoms with Crippen LogP contribution in [0.25, 0.3) is 0 Å². The number of nitrogens with zero attached hydrogens (tertiary/aromatic N) is 2. The third-order valence-corrected chi connectivity index (χ3v) is 4.74. The molecule has 0 spiro atoms. The lowest BCUT2D eigenvalue weighted by Gasteiger charge is -2.13. The Balaban J connectivity index is 1.89. The minimum absolute atomic E-state index is 0.0146. The number of carbonyl (C=O) groups is 3. The third kappa shape index (κ3) is 6.98. The van der Waals surface area contributed by atoms with Crippen molar-refractivity contribution in [3.8, 4) is 0 Å². The maximum Gasteiger partial charge on any atom is 0.317 e. The summed E-state index contributed by atoms with van der Waals surface area (Å²) in [5, 5.41) is 3.26. The number of carbonyl (C=O) groups excluding carboxylic acids is 3. The standard InChI is InChI=1S/C21H25N3O4S/c1-12(2)20(27)24-17-8-6-16(7-9-17)19(26)15(5)28-18(25)11-29-21-22-13(3)10-14(4)23-21/h6-10,12,15H,11H2,1-5H3,(H,24,27)/t15-/m0/s1. The molecule has 0 saturated carbocycles. The number of Topliss-reactive ketones (excluding diaryl/α,β-unsaturated/α-hetero) is 1. The molecule has 0 bridgehead atoms. The molecule has 1 aromatic carbocycles. The van der Waals surface area contributed by atoms with Gasteiger partial charge in [0.2, 0.25) is 11.7 Å². The van der Waals surface area contributed by atoms with Gasteiger partial charge in [-0.25, -0.2) is 9.97 Å². The number of aromatic nitrogens is 2. The van der Waals surface area contributed by atoms with Gasteiger partial charge in [-0.1, -0.05) is 25.6 Å². The van der Waals surface area contributed by atoms with E-state index in [2.05, 4.69) is 15.3 Å². The Hall–Kier alpha value is -2.74. The molecular weight excluding hydrogens is 390 g/mol. The third-order valence-electron chi connectivity index (χ3n) is 3.92. The van der Waals surface area contributed by atoms with Crippen molar-refractivity contribution in [2.24, 2.45) is 5.92 Å². The molecule has 0 aliphatic carbocycles. The molecule has 0 unspecified atom stereocenters. The summed E-state index contributed by atoms with van der Waals surface area (Å²) in [5.41, 5.74) is 2.66. The minimum atomic E-state index is -0.917. The van der Waals surface area contributed by atoms with Crippen LogP contribution in [-0.2, 0) is 14.3 Å².